The smallest absolute Gasteiger partial charge is 0.129 e. The third-order valence-electron chi connectivity index (χ3n) is 1.57. The lowest BCUT2D eigenvalue weighted by molar-refractivity contribution is -0.107. The number of carbonyl (C=O) groups is 1. The fraction of sp³-hybridized carbons (Fsp3) is 0.222. The molecule has 1 aromatic carbocycles. The molecule has 3 heteroatoms. The monoisotopic (exact) mass is 170 g/mol. The summed E-state index contributed by atoms with van der Waals surface area (Å²) in [5.74, 6) is -1.17. The van der Waals surface area contributed by atoms with E-state index >= 15 is 0 Å². The predicted molar refractivity (Wildman–Crippen MR) is 40.7 cm³/mol. The molecule has 0 amide bonds. The summed E-state index contributed by atoms with van der Waals surface area (Å²) in [5, 5.41) is 0. The first kappa shape index (κ1) is 8.84. The van der Waals surface area contributed by atoms with Crippen LogP contribution < -0.4 is 0 Å². The van der Waals surface area contributed by atoms with Gasteiger partial charge in [0, 0.05) is 12.0 Å². The van der Waals surface area contributed by atoms with Gasteiger partial charge in [-0.15, -0.1) is 0 Å². The van der Waals surface area contributed by atoms with Gasteiger partial charge in [-0.2, -0.15) is 0 Å². The van der Waals surface area contributed by atoms with Crippen molar-refractivity contribution in [3.05, 3.63) is 35.4 Å². The minimum absolute atomic E-state index is 0.00963. The van der Waals surface area contributed by atoms with Crippen LogP contribution in [0.15, 0.2) is 18.2 Å². The first-order chi connectivity index (χ1) is 5.75. The van der Waals surface area contributed by atoms with E-state index in [2.05, 4.69) is 0 Å². The zero-order valence-corrected chi connectivity index (χ0v) is 6.39. The highest BCUT2D eigenvalue weighted by Gasteiger charge is 2.06. The van der Waals surface area contributed by atoms with Crippen molar-refractivity contribution in [3.63, 3.8) is 0 Å². The number of halogens is 2. The van der Waals surface area contributed by atoms with Crippen LogP contribution in [-0.4, -0.2) is 6.29 Å². The standard InChI is InChI=1S/C9H8F2O/c10-8-4-1-5-9(11)7(8)3-2-6-12/h1,4-6H,2-3H2. The van der Waals surface area contributed by atoms with Crippen LogP contribution in [-0.2, 0) is 11.2 Å². The molecule has 0 radical (unpaired) electrons. The van der Waals surface area contributed by atoms with Crippen molar-refractivity contribution in [1.29, 1.82) is 0 Å². The second-order valence-corrected chi connectivity index (χ2v) is 2.41. The average molecular weight is 170 g/mol. The Morgan fingerprint density at radius 3 is 2.33 bits per heavy atom. The van der Waals surface area contributed by atoms with Crippen molar-refractivity contribution in [2.24, 2.45) is 0 Å². The molecule has 0 unspecified atom stereocenters. The van der Waals surface area contributed by atoms with E-state index in [1.807, 2.05) is 0 Å². The maximum Gasteiger partial charge on any atom is 0.129 e. The Hall–Kier alpha value is -1.25. The van der Waals surface area contributed by atoms with E-state index in [9.17, 15) is 13.6 Å². The number of rotatable bonds is 3. The van der Waals surface area contributed by atoms with Gasteiger partial charge in [-0.3, -0.25) is 0 Å². The minimum Gasteiger partial charge on any atom is -0.303 e. The van der Waals surface area contributed by atoms with Crippen LogP contribution in [0.25, 0.3) is 0 Å². The summed E-state index contributed by atoms with van der Waals surface area (Å²) in [6, 6.07) is 3.67. The van der Waals surface area contributed by atoms with Crippen LogP contribution in [0.2, 0.25) is 0 Å². The second-order valence-electron chi connectivity index (χ2n) is 2.41. The molecule has 0 saturated carbocycles. The summed E-state index contributed by atoms with van der Waals surface area (Å²) in [6.07, 6.45) is 0.922. The van der Waals surface area contributed by atoms with Gasteiger partial charge in [-0.25, -0.2) is 8.78 Å². The molecule has 64 valence electrons. The van der Waals surface area contributed by atoms with Crippen molar-refractivity contribution in [2.75, 3.05) is 0 Å². The quantitative estimate of drug-likeness (QED) is 0.635. The van der Waals surface area contributed by atoms with E-state index in [1.54, 1.807) is 0 Å². The molecule has 1 nitrogen and oxygen atoms in total. The topological polar surface area (TPSA) is 17.1 Å². The Kier molecular flexibility index (Phi) is 2.91. The van der Waals surface area contributed by atoms with Crippen molar-refractivity contribution >= 4 is 6.29 Å². The van der Waals surface area contributed by atoms with E-state index < -0.39 is 11.6 Å². The fourth-order valence-corrected chi connectivity index (χ4v) is 0.974. The fourth-order valence-electron chi connectivity index (χ4n) is 0.974. The van der Waals surface area contributed by atoms with Gasteiger partial charge in [-0.05, 0) is 18.6 Å². The summed E-state index contributed by atoms with van der Waals surface area (Å²) < 4.78 is 25.6. The Morgan fingerprint density at radius 1 is 1.25 bits per heavy atom. The van der Waals surface area contributed by atoms with Gasteiger partial charge in [0.05, 0.1) is 0 Å². The van der Waals surface area contributed by atoms with E-state index in [1.165, 1.54) is 18.2 Å². The zero-order chi connectivity index (χ0) is 8.97. The Morgan fingerprint density at radius 2 is 1.83 bits per heavy atom. The Labute approximate surface area is 69.0 Å². The number of carbonyl (C=O) groups excluding carboxylic acids is 1. The highest BCUT2D eigenvalue weighted by molar-refractivity contribution is 5.50. The van der Waals surface area contributed by atoms with Gasteiger partial charge in [-0.1, -0.05) is 6.07 Å². The molecule has 0 aromatic heterocycles. The van der Waals surface area contributed by atoms with Crippen LogP contribution in [0.5, 0.6) is 0 Å². The number of aldehydes is 1. The maximum absolute atomic E-state index is 12.8. The molecule has 0 aliphatic rings. The van der Waals surface area contributed by atoms with E-state index in [4.69, 9.17) is 0 Å². The van der Waals surface area contributed by atoms with Crippen LogP contribution >= 0.6 is 0 Å². The first-order valence-electron chi connectivity index (χ1n) is 3.62. The molecule has 0 spiro atoms. The van der Waals surface area contributed by atoms with Gasteiger partial charge in [0.25, 0.3) is 0 Å². The lowest BCUT2D eigenvalue weighted by Crippen LogP contribution is -1.95. The van der Waals surface area contributed by atoms with Gasteiger partial charge in [0.2, 0.25) is 0 Å². The second kappa shape index (κ2) is 3.95. The Balaban J connectivity index is 2.88. The van der Waals surface area contributed by atoms with Crippen molar-refractivity contribution < 1.29 is 13.6 Å². The zero-order valence-electron chi connectivity index (χ0n) is 6.39. The molecule has 12 heavy (non-hydrogen) atoms. The summed E-state index contributed by atoms with van der Waals surface area (Å²) in [5.41, 5.74) is -0.00963. The molecule has 0 aliphatic heterocycles. The highest BCUT2D eigenvalue weighted by Crippen LogP contribution is 2.13. The van der Waals surface area contributed by atoms with E-state index in [-0.39, 0.29) is 18.4 Å². The average Bonchev–Trinajstić information content (AvgIpc) is 2.04. The van der Waals surface area contributed by atoms with Gasteiger partial charge in [0.15, 0.2) is 0 Å². The predicted octanol–water partition coefficient (Wildman–Crippen LogP) is 2.10. The third kappa shape index (κ3) is 1.87. The minimum atomic E-state index is -0.586. The molecule has 0 saturated heterocycles. The van der Waals surface area contributed by atoms with Crippen molar-refractivity contribution in [1.82, 2.24) is 0 Å². The first-order valence-corrected chi connectivity index (χ1v) is 3.62. The van der Waals surface area contributed by atoms with Crippen LogP contribution in [0.4, 0.5) is 8.78 Å². The number of hydrogen-bond donors (Lipinski definition) is 0. The summed E-state index contributed by atoms with van der Waals surface area (Å²) >= 11 is 0. The molecule has 0 N–H and O–H groups in total. The van der Waals surface area contributed by atoms with Crippen LogP contribution in [0, 0.1) is 11.6 Å². The summed E-state index contributed by atoms with van der Waals surface area (Å²) in [6.45, 7) is 0. The van der Waals surface area contributed by atoms with Crippen LogP contribution in [0.3, 0.4) is 0 Å². The maximum atomic E-state index is 12.8. The van der Waals surface area contributed by atoms with Crippen LogP contribution in [0.1, 0.15) is 12.0 Å². The van der Waals surface area contributed by atoms with Gasteiger partial charge in [0.1, 0.15) is 17.9 Å². The number of benzene rings is 1. The van der Waals surface area contributed by atoms with Crippen molar-refractivity contribution in [2.45, 2.75) is 12.8 Å². The van der Waals surface area contributed by atoms with E-state index in [0.29, 0.717) is 6.29 Å². The highest BCUT2D eigenvalue weighted by atomic mass is 19.1. The number of hydrogen-bond acceptors (Lipinski definition) is 1. The molecule has 1 rings (SSSR count). The molecule has 0 aliphatic carbocycles. The normalized spacial score (nSPS) is 9.83. The molecule has 0 bridgehead atoms. The lowest BCUT2D eigenvalue weighted by Gasteiger charge is -2.00. The molecule has 0 atom stereocenters. The van der Waals surface area contributed by atoms with Gasteiger partial charge >= 0.3 is 0 Å². The van der Waals surface area contributed by atoms with E-state index in [0.717, 1.165) is 0 Å². The molecule has 1 aromatic rings. The van der Waals surface area contributed by atoms with Crippen molar-refractivity contribution in [3.8, 4) is 0 Å². The summed E-state index contributed by atoms with van der Waals surface area (Å²) in [7, 11) is 0. The summed E-state index contributed by atoms with van der Waals surface area (Å²) in [4.78, 5) is 9.96. The molecular weight excluding hydrogens is 162 g/mol. The lowest BCUT2D eigenvalue weighted by atomic mass is 10.1. The third-order valence-corrected chi connectivity index (χ3v) is 1.57. The molecule has 0 fully saturated rings. The molecule has 0 heterocycles. The Bertz CT molecular complexity index is 264. The molecular formula is C9H8F2O. The SMILES string of the molecule is O=CCCc1c(F)cccc1F. The largest absolute Gasteiger partial charge is 0.303 e. The van der Waals surface area contributed by atoms with Gasteiger partial charge < -0.3 is 4.79 Å².